The summed E-state index contributed by atoms with van der Waals surface area (Å²) in [6.45, 7) is 2.46. The number of nitrogens with two attached hydrogens (primary N) is 1. The zero-order valence-electron chi connectivity index (χ0n) is 6.17. The fourth-order valence-corrected chi connectivity index (χ4v) is 0.931. The van der Waals surface area contributed by atoms with Gasteiger partial charge in [0, 0.05) is 11.0 Å². The van der Waals surface area contributed by atoms with Crippen LogP contribution in [-0.4, -0.2) is 4.98 Å². The molecule has 0 radical (unpaired) electrons. The average molecular weight is 238 g/mol. The van der Waals surface area contributed by atoms with Gasteiger partial charge in [0.2, 0.25) is 0 Å². The molecule has 11 heavy (non-hydrogen) atoms. The van der Waals surface area contributed by atoms with Crippen LogP contribution in [0.5, 0.6) is 0 Å². The zero-order chi connectivity index (χ0) is 7.56. The van der Waals surface area contributed by atoms with Crippen LogP contribution in [0.25, 0.3) is 0 Å². The van der Waals surface area contributed by atoms with Gasteiger partial charge in [-0.3, -0.25) is 4.98 Å². The largest absolute Gasteiger partial charge is 0.325 e. The summed E-state index contributed by atoms with van der Waals surface area (Å²) in [6, 6.07) is 3.88. The Morgan fingerprint density at radius 1 is 1.55 bits per heavy atom. The third-order valence-corrected chi connectivity index (χ3v) is 2.13. The zero-order valence-corrected chi connectivity index (χ0v) is 8.58. The molecule has 4 heteroatoms. The van der Waals surface area contributed by atoms with E-state index >= 15 is 0 Å². The Balaban J connectivity index is 0.000001000. The molecule has 0 aliphatic heterocycles. The minimum atomic E-state index is 0. The fourth-order valence-electron chi connectivity index (χ4n) is 0.710. The minimum absolute atomic E-state index is 0. The van der Waals surface area contributed by atoms with Gasteiger partial charge in [-0.25, -0.2) is 0 Å². The number of aryl methyl sites for hydroxylation is 1. The van der Waals surface area contributed by atoms with Crippen LogP contribution in [0.3, 0.4) is 0 Å². The monoisotopic (exact) mass is 236 g/mol. The number of halogens is 2. The highest BCUT2D eigenvalue weighted by Crippen LogP contribution is 2.12. The molecule has 1 rings (SSSR count). The Labute approximate surface area is 80.7 Å². The fraction of sp³-hybridized carbons (Fsp3) is 0.286. The summed E-state index contributed by atoms with van der Waals surface area (Å²) in [5, 5.41) is 0. The molecule has 0 aliphatic rings. The van der Waals surface area contributed by atoms with Crippen LogP contribution in [0.1, 0.15) is 11.4 Å². The molecule has 1 aromatic heterocycles. The lowest BCUT2D eigenvalue weighted by Gasteiger charge is -1.98. The highest BCUT2D eigenvalue weighted by atomic mass is 79.9. The SMILES string of the molecule is Cc1nc(CN)ccc1Br.Cl. The summed E-state index contributed by atoms with van der Waals surface area (Å²) < 4.78 is 1.03. The van der Waals surface area contributed by atoms with Gasteiger partial charge in [-0.1, -0.05) is 0 Å². The van der Waals surface area contributed by atoms with E-state index in [0.29, 0.717) is 6.54 Å². The van der Waals surface area contributed by atoms with Crippen LogP contribution in [0.2, 0.25) is 0 Å². The molecule has 0 unspecified atom stereocenters. The van der Waals surface area contributed by atoms with Crippen molar-refractivity contribution in [2.75, 3.05) is 0 Å². The molecule has 0 aliphatic carbocycles. The Morgan fingerprint density at radius 3 is 2.64 bits per heavy atom. The molecule has 0 amide bonds. The number of nitrogens with zero attached hydrogens (tertiary/aromatic N) is 1. The first-order chi connectivity index (χ1) is 4.74. The van der Waals surface area contributed by atoms with Gasteiger partial charge in [-0.2, -0.15) is 0 Å². The maximum Gasteiger partial charge on any atom is 0.0543 e. The summed E-state index contributed by atoms with van der Waals surface area (Å²) in [7, 11) is 0. The lowest BCUT2D eigenvalue weighted by Crippen LogP contribution is -2.00. The second-order valence-corrected chi connectivity index (χ2v) is 2.93. The number of rotatable bonds is 1. The quantitative estimate of drug-likeness (QED) is 0.812. The maximum absolute atomic E-state index is 5.39. The number of hydrogen-bond donors (Lipinski definition) is 1. The van der Waals surface area contributed by atoms with Gasteiger partial charge in [-0.15, -0.1) is 12.4 Å². The van der Waals surface area contributed by atoms with Crippen molar-refractivity contribution in [1.82, 2.24) is 4.98 Å². The topological polar surface area (TPSA) is 38.9 Å². The predicted molar refractivity (Wildman–Crippen MR) is 51.8 cm³/mol. The number of hydrogen-bond acceptors (Lipinski definition) is 2. The van der Waals surface area contributed by atoms with Crippen molar-refractivity contribution in [1.29, 1.82) is 0 Å². The molecule has 0 aromatic carbocycles. The van der Waals surface area contributed by atoms with Gasteiger partial charge in [0.25, 0.3) is 0 Å². The van der Waals surface area contributed by atoms with E-state index in [1.54, 1.807) is 0 Å². The molecule has 2 N–H and O–H groups in total. The van der Waals surface area contributed by atoms with E-state index in [-0.39, 0.29) is 12.4 Å². The minimum Gasteiger partial charge on any atom is -0.325 e. The van der Waals surface area contributed by atoms with Crippen LogP contribution < -0.4 is 5.73 Å². The number of pyridine rings is 1. The average Bonchev–Trinajstić information content (AvgIpc) is 1.95. The molecular weight excluding hydrogens is 227 g/mol. The van der Waals surface area contributed by atoms with Crippen LogP contribution in [0, 0.1) is 6.92 Å². The molecular formula is C7H10BrClN2. The van der Waals surface area contributed by atoms with Crippen molar-refractivity contribution >= 4 is 28.3 Å². The van der Waals surface area contributed by atoms with E-state index in [1.807, 2.05) is 19.1 Å². The standard InChI is InChI=1S/C7H9BrN2.ClH/c1-5-7(8)3-2-6(4-9)10-5;/h2-3H,4,9H2,1H3;1H. The van der Waals surface area contributed by atoms with Crippen molar-refractivity contribution in [3.05, 3.63) is 28.0 Å². The first kappa shape index (κ1) is 10.9. The summed E-state index contributed by atoms with van der Waals surface area (Å²) in [5.74, 6) is 0. The molecule has 0 fully saturated rings. The highest BCUT2D eigenvalue weighted by molar-refractivity contribution is 9.10. The molecule has 2 nitrogen and oxygen atoms in total. The Kier molecular flexibility index (Phi) is 4.65. The molecule has 62 valence electrons. The first-order valence-corrected chi connectivity index (χ1v) is 3.85. The molecule has 1 heterocycles. The van der Waals surface area contributed by atoms with Gasteiger partial charge in [0.05, 0.1) is 11.4 Å². The molecule has 0 spiro atoms. The van der Waals surface area contributed by atoms with Crippen molar-refractivity contribution in [3.63, 3.8) is 0 Å². The van der Waals surface area contributed by atoms with Crippen LogP contribution in [0.4, 0.5) is 0 Å². The van der Waals surface area contributed by atoms with E-state index in [9.17, 15) is 0 Å². The third kappa shape index (κ3) is 2.77. The van der Waals surface area contributed by atoms with Crippen molar-refractivity contribution in [2.45, 2.75) is 13.5 Å². The second kappa shape index (κ2) is 4.70. The predicted octanol–water partition coefficient (Wildman–Crippen LogP) is 2.03. The maximum atomic E-state index is 5.39. The van der Waals surface area contributed by atoms with Crippen LogP contribution >= 0.6 is 28.3 Å². The summed E-state index contributed by atoms with van der Waals surface area (Å²) in [6.07, 6.45) is 0. The van der Waals surface area contributed by atoms with Crippen molar-refractivity contribution < 1.29 is 0 Å². The molecule has 0 saturated carbocycles. The second-order valence-electron chi connectivity index (χ2n) is 2.07. The Bertz CT molecular complexity index is 240. The molecule has 0 saturated heterocycles. The van der Waals surface area contributed by atoms with E-state index < -0.39 is 0 Å². The normalized spacial score (nSPS) is 9.00. The lowest BCUT2D eigenvalue weighted by molar-refractivity contribution is 0.964. The van der Waals surface area contributed by atoms with Gasteiger partial charge in [0.1, 0.15) is 0 Å². The van der Waals surface area contributed by atoms with Gasteiger partial charge in [0.15, 0.2) is 0 Å². The lowest BCUT2D eigenvalue weighted by atomic mass is 10.3. The summed E-state index contributed by atoms with van der Waals surface area (Å²) in [5.41, 5.74) is 7.31. The van der Waals surface area contributed by atoms with Crippen molar-refractivity contribution in [3.8, 4) is 0 Å². The Morgan fingerprint density at radius 2 is 2.18 bits per heavy atom. The van der Waals surface area contributed by atoms with Gasteiger partial charge < -0.3 is 5.73 Å². The first-order valence-electron chi connectivity index (χ1n) is 3.06. The molecule has 0 atom stereocenters. The number of aromatic nitrogens is 1. The van der Waals surface area contributed by atoms with Crippen LogP contribution in [-0.2, 0) is 6.54 Å². The van der Waals surface area contributed by atoms with E-state index in [4.69, 9.17) is 5.73 Å². The molecule has 0 bridgehead atoms. The van der Waals surface area contributed by atoms with Gasteiger partial charge >= 0.3 is 0 Å². The third-order valence-electron chi connectivity index (χ3n) is 1.29. The Hall–Kier alpha value is -0.120. The summed E-state index contributed by atoms with van der Waals surface area (Å²) in [4.78, 5) is 4.22. The highest BCUT2D eigenvalue weighted by Gasteiger charge is 1.95. The van der Waals surface area contributed by atoms with E-state index in [1.165, 1.54) is 0 Å². The summed E-state index contributed by atoms with van der Waals surface area (Å²) >= 11 is 3.36. The van der Waals surface area contributed by atoms with Gasteiger partial charge in [-0.05, 0) is 35.0 Å². The van der Waals surface area contributed by atoms with Crippen LogP contribution in [0.15, 0.2) is 16.6 Å². The van der Waals surface area contributed by atoms with E-state index in [2.05, 4.69) is 20.9 Å². The van der Waals surface area contributed by atoms with E-state index in [0.717, 1.165) is 15.9 Å². The van der Waals surface area contributed by atoms with Crippen molar-refractivity contribution in [2.24, 2.45) is 5.73 Å². The molecule has 1 aromatic rings. The smallest absolute Gasteiger partial charge is 0.0543 e.